The highest BCUT2D eigenvalue weighted by Gasteiger charge is 2.10. The minimum Gasteiger partial charge on any atom is -0.496 e. The topological polar surface area (TPSA) is 56.8 Å². The molecule has 0 atom stereocenters. The number of rotatable bonds is 6. The number of amides is 1. The minimum absolute atomic E-state index is 0.219. The lowest BCUT2D eigenvalue weighted by atomic mass is 10.1. The predicted octanol–water partition coefficient (Wildman–Crippen LogP) is 3.98. The highest BCUT2D eigenvalue weighted by Crippen LogP contribution is 2.35. The maximum atomic E-state index is 12.2. The summed E-state index contributed by atoms with van der Waals surface area (Å²) in [5.74, 6) is 1.51. The Bertz CT molecular complexity index is 797. The Morgan fingerprint density at radius 1 is 0.920 bits per heavy atom. The van der Waals surface area contributed by atoms with E-state index < -0.39 is 0 Å². The number of carbonyl (C=O) groups excluding carboxylic acids is 1. The van der Waals surface area contributed by atoms with Crippen molar-refractivity contribution in [2.24, 2.45) is 0 Å². The van der Waals surface area contributed by atoms with Crippen LogP contribution in [0.3, 0.4) is 0 Å². The van der Waals surface area contributed by atoms with Crippen molar-refractivity contribution < 1.29 is 19.0 Å². The number of methoxy groups -OCH3 is 3. The number of hydrogen-bond donors (Lipinski definition) is 1. The number of ether oxygens (including phenoxy) is 3. The largest absolute Gasteiger partial charge is 0.496 e. The second-order valence-electron chi connectivity index (χ2n) is 5.59. The lowest BCUT2D eigenvalue weighted by molar-refractivity contribution is -0.111. The summed E-state index contributed by atoms with van der Waals surface area (Å²) in [7, 11) is 4.68. The lowest BCUT2D eigenvalue weighted by Gasteiger charge is -2.12. The molecule has 0 aliphatic carbocycles. The van der Waals surface area contributed by atoms with Crippen LogP contribution in [-0.2, 0) is 4.79 Å². The molecule has 2 rings (SSSR count). The Labute approximate surface area is 148 Å². The van der Waals surface area contributed by atoms with Crippen LogP contribution in [0, 0.1) is 13.8 Å². The smallest absolute Gasteiger partial charge is 0.248 e. The van der Waals surface area contributed by atoms with Crippen molar-refractivity contribution in [2.75, 3.05) is 26.6 Å². The van der Waals surface area contributed by atoms with Gasteiger partial charge in [0.1, 0.15) is 5.75 Å². The SMILES string of the molecule is COc1cc(OC)c(OC)cc1/C=C/C(=O)Nc1ccc(C)cc1C. The highest BCUT2D eigenvalue weighted by molar-refractivity contribution is 6.02. The maximum absolute atomic E-state index is 12.2. The number of carbonyl (C=O) groups is 1. The van der Waals surface area contributed by atoms with Gasteiger partial charge in [-0.1, -0.05) is 17.7 Å². The summed E-state index contributed by atoms with van der Waals surface area (Å²) in [5.41, 5.74) is 3.68. The van der Waals surface area contributed by atoms with Crippen LogP contribution in [-0.4, -0.2) is 27.2 Å². The van der Waals surface area contributed by atoms with E-state index in [1.54, 1.807) is 39.5 Å². The molecule has 25 heavy (non-hydrogen) atoms. The molecule has 0 aromatic heterocycles. The number of hydrogen-bond acceptors (Lipinski definition) is 4. The minimum atomic E-state index is -0.219. The summed E-state index contributed by atoms with van der Waals surface area (Å²) in [6.07, 6.45) is 3.14. The summed E-state index contributed by atoms with van der Waals surface area (Å²) in [6, 6.07) is 9.37. The van der Waals surface area contributed by atoms with Crippen LogP contribution in [0.25, 0.3) is 6.08 Å². The van der Waals surface area contributed by atoms with Gasteiger partial charge in [-0.15, -0.1) is 0 Å². The Hall–Kier alpha value is -2.95. The van der Waals surface area contributed by atoms with E-state index in [0.29, 0.717) is 17.2 Å². The molecular formula is C20H23NO4. The number of benzene rings is 2. The van der Waals surface area contributed by atoms with Crippen LogP contribution < -0.4 is 19.5 Å². The average Bonchev–Trinajstić information content (AvgIpc) is 2.61. The van der Waals surface area contributed by atoms with Crippen LogP contribution in [0.1, 0.15) is 16.7 Å². The van der Waals surface area contributed by atoms with Crippen LogP contribution in [0.2, 0.25) is 0 Å². The van der Waals surface area contributed by atoms with Gasteiger partial charge in [0.05, 0.1) is 21.3 Å². The van der Waals surface area contributed by atoms with E-state index >= 15 is 0 Å². The van der Waals surface area contributed by atoms with Gasteiger partial charge in [0.2, 0.25) is 5.91 Å². The number of anilines is 1. The molecule has 1 amide bonds. The molecule has 0 bridgehead atoms. The summed E-state index contributed by atoms with van der Waals surface area (Å²) >= 11 is 0. The maximum Gasteiger partial charge on any atom is 0.248 e. The first-order valence-electron chi connectivity index (χ1n) is 7.84. The average molecular weight is 341 g/mol. The van der Waals surface area contributed by atoms with E-state index in [1.807, 2.05) is 32.0 Å². The zero-order valence-corrected chi connectivity index (χ0v) is 15.2. The molecule has 5 heteroatoms. The quantitative estimate of drug-likeness (QED) is 0.808. The fraction of sp³-hybridized carbons (Fsp3) is 0.250. The van der Waals surface area contributed by atoms with Gasteiger partial charge < -0.3 is 19.5 Å². The molecule has 0 fully saturated rings. The van der Waals surface area contributed by atoms with Gasteiger partial charge in [-0.05, 0) is 37.6 Å². The molecule has 0 radical (unpaired) electrons. The Morgan fingerprint density at radius 3 is 2.16 bits per heavy atom. The second kappa shape index (κ2) is 8.24. The molecule has 0 spiro atoms. The van der Waals surface area contributed by atoms with E-state index in [9.17, 15) is 4.79 Å². The molecule has 5 nitrogen and oxygen atoms in total. The van der Waals surface area contributed by atoms with Gasteiger partial charge >= 0.3 is 0 Å². The third-order valence-corrected chi connectivity index (χ3v) is 3.79. The first-order valence-corrected chi connectivity index (χ1v) is 7.84. The third kappa shape index (κ3) is 4.53. The van der Waals surface area contributed by atoms with Gasteiger partial charge in [-0.2, -0.15) is 0 Å². The molecule has 2 aromatic carbocycles. The fourth-order valence-electron chi connectivity index (χ4n) is 2.48. The van der Waals surface area contributed by atoms with E-state index in [-0.39, 0.29) is 5.91 Å². The normalized spacial score (nSPS) is 10.6. The second-order valence-corrected chi connectivity index (χ2v) is 5.59. The van der Waals surface area contributed by atoms with Gasteiger partial charge in [-0.3, -0.25) is 4.79 Å². The van der Waals surface area contributed by atoms with Crippen molar-refractivity contribution in [3.05, 3.63) is 53.1 Å². The molecule has 0 heterocycles. The van der Waals surface area contributed by atoms with Gasteiger partial charge in [0, 0.05) is 23.4 Å². The molecule has 132 valence electrons. The zero-order chi connectivity index (χ0) is 18.4. The molecule has 0 aliphatic heterocycles. The van der Waals surface area contributed by atoms with Crippen LogP contribution in [0.15, 0.2) is 36.4 Å². The van der Waals surface area contributed by atoms with E-state index in [2.05, 4.69) is 5.32 Å². The van der Waals surface area contributed by atoms with Crippen molar-refractivity contribution in [1.82, 2.24) is 0 Å². The van der Waals surface area contributed by atoms with Crippen LogP contribution >= 0.6 is 0 Å². The summed E-state index contributed by atoms with van der Waals surface area (Å²) in [6.45, 7) is 3.98. The first-order chi connectivity index (χ1) is 12.0. The van der Waals surface area contributed by atoms with Crippen molar-refractivity contribution in [1.29, 1.82) is 0 Å². The summed E-state index contributed by atoms with van der Waals surface area (Å²) in [4.78, 5) is 12.2. The Balaban J connectivity index is 2.21. The Kier molecular flexibility index (Phi) is 6.06. The van der Waals surface area contributed by atoms with Crippen LogP contribution in [0.5, 0.6) is 17.2 Å². The monoisotopic (exact) mass is 341 g/mol. The lowest BCUT2D eigenvalue weighted by Crippen LogP contribution is -2.09. The standard InChI is InChI=1S/C20H23NO4/c1-13-6-8-16(14(2)10-13)21-20(22)9-7-15-11-18(24-4)19(25-5)12-17(15)23-3/h6-12H,1-5H3,(H,21,22)/b9-7+. The number of nitrogens with one attached hydrogen (secondary N) is 1. The van der Waals surface area contributed by atoms with Crippen molar-refractivity contribution in [3.8, 4) is 17.2 Å². The van der Waals surface area contributed by atoms with E-state index in [0.717, 1.165) is 22.4 Å². The molecule has 2 aromatic rings. The van der Waals surface area contributed by atoms with Crippen molar-refractivity contribution in [3.63, 3.8) is 0 Å². The van der Waals surface area contributed by atoms with Crippen molar-refractivity contribution in [2.45, 2.75) is 13.8 Å². The molecule has 1 N–H and O–H groups in total. The molecule has 0 aliphatic rings. The summed E-state index contributed by atoms with van der Waals surface area (Å²) < 4.78 is 15.9. The molecule has 0 unspecified atom stereocenters. The predicted molar refractivity (Wildman–Crippen MR) is 99.7 cm³/mol. The summed E-state index contributed by atoms with van der Waals surface area (Å²) in [5, 5.41) is 2.87. The highest BCUT2D eigenvalue weighted by atomic mass is 16.5. The van der Waals surface area contributed by atoms with Gasteiger partial charge in [0.15, 0.2) is 11.5 Å². The first kappa shape index (κ1) is 18.4. The number of aryl methyl sites for hydroxylation is 2. The van der Waals surface area contributed by atoms with E-state index in [1.165, 1.54) is 6.08 Å². The Morgan fingerprint density at radius 2 is 1.56 bits per heavy atom. The molecule has 0 saturated heterocycles. The van der Waals surface area contributed by atoms with E-state index in [4.69, 9.17) is 14.2 Å². The third-order valence-electron chi connectivity index (χ3n) is 3.79. The van der Waals surface area contributed by atoms with Crippen LogP contribution in [0.4, 0.5) is 5.69 Å². The van der Waals surface area contributed by atoms with Gasteiger partial charge in [0.25, 0.3) is 0 Å². The molecular weight excluding hydrogens is 318 g/mol. The van der Waals surface area contributed by atoms with Gasteiger partial charge in [-0.25, -0.2) is 0 Å². The fourth-order valence-corrected chi connectivity index (χ4v) is 2.48. The molecule has 0 saturated carbocycles. The zero-order valence-electron chi connectivity index (χ0n) is 15.2. The van der Waals surface area contributed by atoms with Crippen molar-refractivity contribution >= 4 is 17.7 Å².